The zero-order chi connectivity index (χ0) is 34.4. The molecule has 0 amide bonds. The Bertz CT molecular complexity index is 1750. The summed E-state index contributed by atoms with van der Waals surface area (Å²) in [7, 11) is 4.95. The van der Waals surface area contributed by atoms with Crippen molar-refractivity contribution in [3.8, 4) is 11.5 Å². The van der Waals surface area contributed by atoms with Crippen LogP contribution in [0.1, 0.15) is 49.8 Å². The molecule has 14 heteroatoms. The first-order valence-electron chi connectivity index (χ1n) is 15.0. The van der Waals surface area contributed by atoms with Crippen LogP contribution in [0.5, 0.6) is 11.5 Å². The minimum absolute atomic E-state index is 0.0583. The second-order valence-corrected chi connectivity index (χ2v) is 13.2. The van der Waals surface area contributed by atoms with Crippen LogP contribution in [0.2, 0.25) is 10.0 Å². The van der Waals surface area contributed by atoms with Crippen LogP contribution in [0.3, 0.4) is 0 Å². The summed E-state index contributed by atoms with van der Waals surface area (Å²) in [6.07, 6.45) is 1.95. The Morgan fingerprint density at radius 1 is 1.08 bits per heavy atom. The number of aromatic nitrogens is 1. The molecule has 1 aliphatic rings. The number of pyridine rings is 1. The van der Waals surface area contributed by atoms with Crippen LogP contribution in [0, 0.1) is 11.0 Å². The molecule has 0 spiro atoms. The van der Waals surface area contributed by atoms with Crippen LogP contribution in [0.25, 0.3) is 0 Å². The molecular weight excluding hydrogens is 684 g/mol. The summed E-state index contributed by atoms with van der Waals surface area (Å²) in [5, 5.41) is 15.2. The molecule has 0 radical (unpaired) electrons. The molecule has 0 bridgehead atoms. The molecule has 2 aromatic carbocycles. The smallest absolute Gasteiger partial charge is 0.348 e. The molecule has 3 heterocycles. The molecule has 1 saturated heterocycles. The highest BCUT2D eigenvalue weighted by Gasteiger charge is 2.30. The largest absolute Gasteiger partial charge is 0.619 e. The minimum Gasteiger partial charge on any atom is -0.619 e. The minimum atomic E-state index is -1.06. The number of hydrogen-bond donors (Lipinski definition) is 1. The molecule has 254 valence electrons. The quantitative estimate of drug-likeness (QED) is 0.100. The number of thiophene rings is 1. The number of likely N-dealkylation sites (N-methyl/N-ethyl adjacent to an activating group) is 1. The zero-order valence-corrected chi connectivity index (χ0v) is 28.7. The van der Waals surface area contributed by atoms with Crippen LogP contribution in [0.15, 0.2) is 67.0 Å². The number of nitrogens with one attached hydrogen (secondary N) is 1. The number of halogens is 3. The predicted octanol–water partition coefficient (Wildman–Crippen LogP) is 6.06. The second-order valence-electron chi connectivity index (χ2n) is 11.2. The zero-order valence-electron chi connectivity index (χ0n) is 26.4. The van der Waals surface area contributed by atoms with Gasteiger partial charge in [-0.1, -0.05) is 47.5 Å². The summed E-state index contributed by atoms with van der Waals surface area (Å²) in [6.45, 7) is 1.57. The summed E-state index contributed by atoms with van der Waals surface area (Å²) in [4.78, 5) is 29.8. The fourth-order valence-electron chi connectivity index (χ4n) is 5.42. The van der Waals surface area contributed by atoms with Gasteiger partial charge in [-0.25, -0.2) is 14.0 Å². The molecule has 1 N–H and O–H groups in total. The molecule has 1 unspecified atom stereocenters. The highest BCUT2D eigenvalue weighted by molar-refractivity contribution is 7.13. The van der Waals surface area contributed by atoms with E-state index in [4.69, 9.17) is 42.1 Å². The Morgan fingerprint density at radius 2 is 1.81 bits per heavy atom. The van der Waals surface area contributed by atoms with Crippen LogP contribution in [-0.2, 0) is 27.2 Å². The third-order valence-corrected chi connectivity index (χ3v) is 9.62. The number of benzene rings is 2. The lowest BCUT2D eigenvalue weighted by Gasteiger charge is -2.21. The van der Waals surface area contributed by atoms with E-state index in [1.807, 2.05) is 7.05 Å². The van der Waals surface area contributed by atoms with Gasteiger partial charge in [0.1, 0.15) is 39.0 Å². The maximum absolute atomic E-state index is 14.8. The summed E-state index contributed by atoms with van der Waals surface area (Å²) >= 11 is 13.9. The maximum atomic E-state index is 14.8. The molecule has 3 atom stereocenters. The van der Waals surface area contributed by atoms with E-state index < -0.39 is 29.9 Å². The Kier molecular flexibility index (Phi) is 11.8. The Hall–Kier alpha value is -3.94. The summed E-state index contributed by atoms with van der Waals surface area (Å²) in [5.41, 5.74) is 1.16. The van der Waals surface area contributed by atoms with Gasteiger partial charge in [-0.05, 0) is 49.4 Å². The molecular formula is C34H34Cl2FN3O7S. The Morgan fingerprint density at radius 3 is 2.48 bits per heavy atom. The molecule has 0 saturated carbocycles. The van der Waals surface area contributed by atoms with Crippen molar-refractivity contribution in [1.82, 2.24) is 10.2 Å². The fourth-order valence-corrected chi connectivity index (χ4v) is 6.86. The molecule has 2 aromatic heterocycles. The van der Waals surface area contributed by atoms with Crippen molar-refractivity contribution in [2.75, 3.05) is 34.4 Å². The van der Waals surface area contributed by atoms with Gasteiger partial charge in [-0.3, -0.25) is 5.32 Å². The SMILES string of the molecule is COc1ccc([C@H](Cc2c(Cl)c[n+]([O-])cc2Cl)OC(=O)c2ccc(CNC(C(=O)O[C@@H]3CCN(C)C3)c3ccccc3F)s2)cc1OC. The summed E-state index contributed by atoms with van der Waals surface area (Å²) in [6, 6.07) is 13.4. The van der Waals surface area contributed by atoms with Gasteiger partial charge in [0.05, 0.1) is 14.2 Å². The van der Waals surface area contributed by atoms with Crippen molar-refractivity contribution in [3.63, 3.8) is 0 Å². The van der Waals surface area contributed by atoms with Gasteiger partial charge in [-0.15, -0.1) is 11.3 Å². The van der Waals surface area contributed by atoms with Gasteiger partial charge < -0.3 is 29.1 Å². The van der Waals surface area contributed by atoms with Gasteiger partial charge in [0.15, 0.2) is 23.9 Å². The molecule has 4 aromatic rings. The van der Waals surface area contributed by atoms with Crippen molar-refractivity contribution < 1.29 is 37.7 Å². The topological polar surface area (TPSA) is 113 Å². The van der Waals surface area contributed by atoms with E-state index in [0.29, 0.717) is 50.1 Å². The van der Waals surface area contributed by atoms with Crippen LogP contribution < -0.4 is 19.5 Å². The standard InChI is InChI=1S/C34H34Cl2FN3O7S/c1-39-13-12-21(17-39)46-34(42)32(23-6-4-5-7-27(23)37)38-16-22-9-11-31(48-22)33(41)47-29(15-24-25(35)18-40(43)19-26(24)36)20-8-10-28(44-2)30(14-20)45-3/h4-11,14,18-19,21,29,32,38H,12-13,15-17H2,1-3H3/t21-,29+,32?/m1/s1. The molecule has 1 fully saturated rings. The average molecular weight is 719 g/mol. The van der Waals surface area contributed by atoms with Gasteiger partial charge in [0, 0.05) is 42.1 Å². The van der Waals surface area contributed by atoms with Gasteiger partial charge in [0.2, 0.25) is 0 Å². The number of methoxy groups -OCH3 is 2. The van der Waals surface area contributed by atoms with E-state index >= 15 is 0 Å². The third-order valence-electron chi connectivity index (χ3n) is 7.90. The van der Waals surface area contributed by atoms with Gasteiger partial charge >= 0.3 is 11.9 Å². The Labute approximate surface area is 291 Å². The molecule has 1 aliphatic heterocycles. The Balaban J connectivity index is 1.34. The maximum Gasteiger partial charge on any atom is 0.348 e. The molecule has 48 heavy (non-hydrogen) atoms. The van der Waals surface area contributed by atoms with Gasteiger partial charge in [0.25, 0.3) is 0 Å². The van der Waals surface area contributed by atoms with E-state index in [2.05, 4.69) is 10.2 Å². The number of rotatable bonds is 13. The number of hydrogen-bond acceptors (Lipinski definition) is 10. The normalized spacial score (nSPS) is 15.9. The lowest BCUT2D eigenvalue weighted by molar-refractivity contribution is -0.605. The monoisotopic (exact) mass is 717 g/mol. The van der Waals surface area contributed by atoms with Crippen LogP contribution >= 0.6 is 34.5 Å². The first kappa shape index (κ1) is 35.4. The molecule has 5 rings (SSSR count). The molecule has 10 nitrogen and oxygen atoms in total. The van der Waals surface area contributed by atoms with E-state index in [9.17, 15) is 19.2 Å². The number of ether oxygens (including phenoxy) is 4. The number of carbonyl (C=O) groups is 2. The summed E-state index contributed by atoms with van der Waals surface area (Å²) < 4.78 is 37.9. The lowest BCUT2D eigenvalue weighted by atomic mass is 10.0. The number of esters is 2. The lowest BCUT2D eigenvalue weighted by Crippen LogP contribution is -2.33. The van der Waals surface area contributed by atoms with Crippen molar-refractivity contribution in [3.05, 3.63) is 115 Å². The van der Waals surface area contributed by atoms with E-state index in [1.54, 1.807) is 48.5 Å². The number of likely N-dealkylation sites (tertiary alicyclic amines) is 1. The first-order valence-corrected chi connectivity index (χ1v) is 16.6. The van der Waals surface area contributed by atoms with Crippen molar-refractivity contribution in [2.45, 2.75) is 37.6 Å². The first-order chi connectivity index (χ1) is 23.1. The van der Waals surface area contributed by atoms with Crippen molar-refractivity contribution in [1.29, 1.82) is 0 Å². The molecule has 0 aliphatic carbocycles. The van der Waals surface area contributed by atoms with E-state index in [1.165, 1.54) is 32.7 Å². The van der Waals surface area contributed by atoms with Gasteiger partial charge in [-0.2, -0.15) is 4.73 Å². The average Bonchev–Trinajstić information content (AvgIpc) is 3.71. The second kappa shape index (κ2) is 16.0. The van der Waals surface area contributed by atoms with Crippen LogP contribution in [-0.4, -0.2) is 57.3 Å². The summed E-state index contributed by atoms with van der Waals surface area (Å²) in [5.74, 6) is -0.821. The van der Waals surface area contributed by atoms with Crippen molar-refractivity contribution in [2.24, 2.45) is 0 Å². The number of nitrogens with zero attached hydrogens (tertiary/aromatic N) is 2. The van der Waals surface area contributed by atoms with Crippen molar-refractivity contribution >= 4 is 46.5 Å². The van der Waals surface area contributed by atoms with E-state index in [0.717, 1.165) is 17.9 Å². The predicted molar refractivity (Wildman–Crippen MR) is 179 cm³/mol. The highest BCUT2D eigenvalue weighted by atomic mass is 35.5. The van der Waals surface area contributed by atoms with Crippen LogP contribution in [0.4, 0.5) is 4.39 Å². The number of carbonyl (C=O) groups excluding carboxylic acids is 2. The highest BCUT2D eigenvalue weighted by Crippen LogP contribution is 2.36. The van der Waals surface area contributed by atoms with E-state index in [-0.39, 0.29) is 34.7 Å². The third kappa shape index (κ3) is 8.55. The fraction of sp³-hybridized carbons (Fsp3) is 0.324.